The zero-order valence-corrected chi connectivity index (χ0v) is 11.2. The van der Waals surface area contributed by atoms with Gasteiger partial charge < -0.3 is 5.11 Å². The van der Waals surface area contributed by atoms with Crippen molar-refractivity contribution in [2.24, 2.45) is 5.92 Å². The highest BCUT2D eigenvalue weighted by Gasteiger charge is 2.19. The maximum absolute atomic E-state index is 12.3. The van der Waals surface area contributed by atoms with Gasteiger partial charge in [0.05, 0.1) is 6.61 Å². The molecule has 2 aromatic carbocycles. The number of carbonyl (C=O) groups is 1. The van der Waals surface area contributed by atoms with Gasteiger partial charge in [-0.2, -0.15) is 0 Å². The van der Waals surface area contributed by atoms with Gasteiger partial charge in [-0.15, -0.1) is 0 Å². The number of carbonyl (C=O) groups excluding carboxylic acids is 1. The molecule has 0 heterocycles. The first-order valence-electron chi connectivity index (χ1n) is 6.15. The van der Waals surface area contributed by atoms with Crippen LogP contribution in [0.5, 0.6) is 0 Å². The topological polar surface area (TPSA) is 37.3 Å². The van der Waals surface area contributed by atoms with E-state index in [0.717, 1.165) is 5.56 Å². The number of aliphatic hydroxyl groups excluding tert-OH is 1. The standard InChI is InChI=1S/C16H15ClO2/c17-15-8-6-13(7-9-15)16(19)14(11-18)10-12-4-2-1-3-5-12/h1-9,14,18H,10-11H2. The van der Waals surface area contributed by atoms with Gasteiger partial charge in [-0.05, 0) is 36.2 Å². The molecule has 0 aliphatic heterocycles. The largest absolute Gasteiger partial charge is 0.396 e. The minimum atomic E-state index is -0.413. The Hall–Kier alpha value is -1.64. The molecule has 0 fully saturated rings. The third-order valence-corrected chi connectivity index (χ3v) is 3.30. The summed E-state index contributed by atoms with van der Waals surface area (Å²) in [4.78, 5) is 12.3. The first-order chi connectivity index (χ1) is 9.20. The van der Waals surface area contributed by atoms with E-state index in [1.54, 1.807) is 24.3 Å². The molecule has 0 saturated heterocycles. The van der Waals surface area contributed by atoms with Crippen molar-refractivity contribution in [2.45, 2.75) is 6.42 Å². The third-order valence-electron chi connectivity index (χ3n) is 3.04. The van der Waals surface area contributed by atoms with Crippen molar-refractivity contribution in [1.29, 1.82) is 0 Å². The Morgan fingerprint density at radius 3 is 2.26 bits per heavy atom. The summed E-state index contributed by atoms with van der Waals surface area (Å²) in [5, 5.41) is 10.0. The van der Waals surface area contributed by atoms with E-state index >= 15 is 0 Å². The molecule has 2 nitrogen and oxygen atoms in total. The van der Waals surface area contributed by atoms with E-state index in [0.29, 0.717) is 17.0 Å². The van der Waals surface area contributed by atoms with E-state index in [1.807, 2.05) is 30.3 Å². The van der Waals surface area contributed by atoms with Gasteiger partial charge in [-0.1, -0.05) is 41.9 Å². The maximum atomic E-state index is 12.3. The molecule has 2 rings (SSSR count). The SMILES string of the molecule is O=C(c1ccc(Cl)cc1)C(CO)Cc1ccccc1. The van der Waals surface area contributed by atoms with Crippen LogP contribution in [-0.2, 0) is 6.42 Å². The Labute approximate surface area is 117 Å². The van der Waals surface area contributed by atoms with Gasteiger partial charge >= 0.3 is 0 Å². The molecule has 1 N–H and O–H groups in total. The highest BCUT2D eigenvalue weighted by Crippen LogP contribution is 2.16. The Morgan fingerprint density at radius 2 is 1.68 bits per heavy atom. The first-order valence-corrected chi connectivity index (χ1v) is 6.53. The minimum absolute atomic E-state index is 0.0528. The first kappa shape index (κ1) is 13.8. The number of benzene rings is 2. The van der Waals surface area contributed by atoms with Crippen molar-refractivity contribution in [1.82, 2.24) is 0 Å². The lowest BCUT2D eigenvalue weighted by Crippen LogP contribution is -2.21. The predicted octanol–water partition coefficient (Wildman–Crippen LogP) is 3.37. The highest BCUT2D eigenvalue weighted by atomic mass is 35.5. The molecule has 0 bridgehead atoms. The maximum Gasteiger partial charge on any atom is 0.168 e. The molecule has 0 radical (unpaired) electrons. The Kier molecular flexibility index (Phi) is 4.72. The van der Waals surface area contributed by atoms with Crippen molar-refractivity contribution in [3.05, 3.63) is 70.7 Å². The molecule has 3 heteroatoms. The summed E-state index contributed by atoms with van der Waals surface area (Å²) in [6.07, 6.45) is 0.540. The van der Waals surface area contributed by atoms with Crippen LogP contribution in [0.25, 0.3) is 0 Å². The van der Waals surface area contributed by atoms with Crippen LogP contribution in [0.15, 0.2) is 54.6 Å². The van der Waals surface area contributed by atoms with E-state index < -0.39 is 5.92 Å². The van der Waals surface area contributed by atoms with Crippen LogP contribution in [0.4, 0.5) is 0 Å². The summed E-state index contributed by atoms with van der Waals surface area (Å²) in [5.41, 5.74) is 1.63. The molecule has 0 aliphatic rings. The van der Waals surface area contributed by atoms with Crippen LogP contribution in [0, 0.1) is 5.92 Å². The van der Waals surface area contributed by atoms with E-state index in [1.165, 1.54) is 0 Å². The number of halogens is 1. The van der Waals surface area contributed by atoms with Gasteiger partial charge in [0, 0.05) is 16.5 Å². The van der Waals surface area contributed by atoms with Gasteiger partial charge in [0.15, 0.2) is 5.78 Å². The lowest BCUT2D eigenvalue weighted by molar-refractivity contribution is 0.0860. The highest BCUT2D eigenvalue weighted by molar-refractivity contribution is 6.30. The molecular weight excluding hydrogens is 260 g/mol. The quantitative estimate of drug-likeness (QED) is 0.849. The summed E-state index contributed by atoms with van der Waals surface area (Å²) >= 11 is 5.80. The zero-order chi connectivity index (χ0) is 13.7. The monoisotopic (exact) mass is 274 g/mol. The number of aliphatic hydroxyl groups is 1. The molecule has 19 heavy (non-hydrogen) atoms. The second-order valence-electron chi connectivity index (χ2n) is 4.44. The summed E-state index contributed by atoms with van der Waals surface area (Å²) in [6, 6.07) is 16.5. The molecule has 0 saturated carbocycles. The predicted molar refractivity (Wildman–Crippen MR) is 76.5 cm³/mol. The molecule has 0 spiro atoms. The Morgan fingerprint density at radius 1 is 1.05 bits per heavy atom. The number of hydrogen-bond donors (Lipinski definition) is 1. The van der Waals surface area contributed by atoms with Crippen LogP contribution in [-0.4, -0.2) is 17.5 Å². The third kappa shape index (κ3) is 3.66. The van der Waals surface area contributed by atoms with Crippen molar-refractivity contribution in [2.75, 3.05) is 6.61 Å². The molecule has 2 aromatic rings. The average molecular weight is 275 g/mol. The smallest absolute Gasteiger partial charge is 0.168 e. The fourth-order valence-corrected chi connectivity index (χ4v) is 2.11. The Bertz CT molecular complexity index is 534. The lowest BCUT2D eigenvalue weighted by Gasteiger charge is -2.13. The molecule has 1 unspecified atom stereocenters. The van der Waals surface area contributed by atoms with E-state index in [2.05, 4.69) is 0 Å². The summed E-state index contributed by atoms with van der Waals surface area (Å²) in [5.74, 6) is -0.466. The zero-order valence-electron chi connectivity index (χ0n) is 10.4. The average Bonchev–Trinajstić information content (AvgIpc) is 2.46. The summed E-state index contributed by atoms with van der Waals surface area (Å²) in [7, 11) is 0. The van der Waals surface area contributed by atoms with E-state index in [-0.39, 0.29) is 12.4 Å². The molecule has 0 aromatic heterocycles. The van der Waals surface area contributed by atoms with Gasteiger partial charge in [-0.25, -0.2) is 0 Å². The fraction of sp³-hybridized carbons (Fsp3) is 0.188. The van der Waals surface area contributed by atoms with Crippen LogP contribution in [0.1, 0.15) is 15.9 Å². The van der Waals surface area contributed by atoms with Gasteiger partial charge in [0.1, 0.15) is 0 Å². The van der Waals surface area contributed by atoms with Crippen LogP contribution in [0.2, 0.25) is 5.02 Å². The number of ketones is 1. The van der Waals surface area contributed by atoms with Gasteiger partial charge in [-0.3, -0.25) is 4.79 Å². The van der Waals surface area contributed by atoms with Crippen molar-refractivity contribution in [3.8, 4) is 0 Å². The fourth-order valence-electron chi connectivity index (χ4n) is 1.99. The van der Waals surface area contributed by atoms with Gasteiger partial charge in [0.2, 0.25) is 0 Å². The molecule has 0 amide bonds. The second-order valence-corrected chi connectivity index (χ2v) is 4.88. The summed E-state index contributed by atoms with van der Waals surface area (Å²) < 4.78 is 0. The number of Topliss-reactive ketones (excluding diaryl/α,β-unsaturated/α-hetero) is 1. The van der Waals surface area contributed by atoms with Crippen LogP contribution < -0.4 is 0 Å². The molecule has 0 aliphatic carbocycles. The van der Waals surface area contributed by atoms with Crippen molar-refractivity contribution < 1.29 is 9.90 Å². The molecular formula is C16H15ClO2. The van der Waals surface area contributed by atoms with E-state index in [9.17, 15) is 9.90 Å². The van der Waals surface area contributed by atoms with Gasteiger partial charge in [0.25, 0.3) is 0 Å². The van der Waals surface area contributed by atoms with Crippen LogP contribution in [0.3, 0.4) is 0 Å². The second kappa shape index (κ2) is 6.50. The summed E-state index contributed by atoms with van der Waals surface area (Å²) in [6.45, 7) is -0.156. The molecule has 98 valence electrons. The molecule has 1 atom stereocenters. The van der Waals surface area contributed by atoms with Crippen molar-refractivity contribution >= 4 is 17.4 Å². The Balaban J connectivity index is 2.13. The normalized spacial score (nSPS) is 12.1. The number of rotatable bonds is 5. The number of hydrogen-bond acceptors (Lipinski definition) is 2. The minimum Gasteiger partial charge on any atom is -0.396 e. The lowest BCUT2D eigenvalue weighted by atomic mass is 9.92. The van der Waals surface area contributed by atoms with Crippen molar-refractivity contribution in [3.63, 3.8) is 0 Å². The van der Waals surface area contributed by atoms with E-state index in [4.69, 9.17) is 11.6 Å². The van der Waals surface area contributed by atoms with Crippen LogP contribution >= 0.6 is 11.6 Å².